The molecule has 0 aromatic heterocycles. The van der Waals surface area contributed by atoms with Crippen molar-refractivity contribution < 1.29 is 18.9 Å². The van der Waals surface area contributed by atoms with Crippen LogP contribution in [0.5, 0.6) is 0 Å². The summed E-state index contributed by atoms with van der Waals surface area (Å²) in [6, 6.07) is 7.72. The van der Waals surface area contributed by atoms with Crippen molar-refractivity contribution in [1.82, 2.24) is 0 Å². The third kappa shape index (κ3) is 3.92. The molecule has 2 aromatic carbocycles. The largest absolute Gasteiger partial charge is 0.324 e. The van der Waals surface area contributed by atoms with E-state index >= 15 is 0 Å². The van der Waals surface area contributed by atoms with Crippen molar-refractivity contribution in [1.29, 1.82) is 0 Å². The topological polar surface area (TPSA) is 101 Å². The predicted molar refractivity (Wildman–Crippen MR) is 86.5 cm³/mol. The van der Waals surface area contributed by atoms with Gasteiger partial charge in [-0.2, -0.15) is 0 Å². The van der Waals surface area contributed by atoms with E-state index in [2.05, 4.69) is 10.6 Å². The second-order valence-electron chi connectivity index (χ2n) is 5.09. The van der Waals surface area contributed by atoms with E-state index < -0.39 is 22.6 Å². The van der Waals surface area contributed by atoms with Crippen LogP contribution >= 0.6 is 0 Å². The summed E-state index contributed by atoms with van der Waals surface area (Å²) in [4.78, 5) is 33.5. The van der Waals surface area contributed by atoms with Gasteiger partial charge in [0.2, 0.25) is 5.91 Å². The number of benzene rings is 2. The number of halogens is 1. The van der Waals surface area contributed by atoms with Crippen molar-refractivity contribution in [2.75, 3.05) is 10.6 Å². The molecule has 0 aliphatic rings. The zero-order chi connectivity index (χ0) is 17.9. The van der Waals surface area contributed by atoms with Crippen molar-refractivity contribution in [3.05, 3.63) is 63.5 Å². The van der Waals surface area contributed by atoms with Gasteiger partial charge in [-0.05, 0) is 37.3 Å². The number of nitro benzene ring substituents is 1. The molecule has 0 radical (unpaired) electrons. The Bertz CT molecular complexity index is 836. The van der Waals surface area contributed by atoms with Crippen LogP contribution in [0.15, 0.2) is 36.4 Å². The number of amides is 2. The van der Waals surface area contributed by atoms with E-state index in [4.69, 9.17) is 0 Å². The van der Waals surface area contributed by atoms with Crippen LogP contribution in [0.1, 0.15) is 22.8 Å². The third-order valence-corrected chi connectivity index (χ3v) is 3.19. The molecule has 0 saturated heterocycles. The Kier molecular flexibility index (Phi) is 4.88. The highest BCUT2D eigenvalue weighted by Crippen LogP contribution is 2.22. The normalized spacial score (nSPS) is 10.1. The number of rotatable bonds is 4. The van der Waals surface area contributed by atoms with Crippen molar-refractivity contribution in [3.8, 4) is 0 Å². The number of hydrogen-bond acceptors (Lipinski definition) is 4. The van der Waals surface area contributed by atoms with Crippen LogP contribution in [0.25, 0.3) is 0 Å². The summed E-state index contributed by atoms with van der Waals surface area (Å²) < 4.78 is 13.6. The van der Waals surface area contributed by atoms with Gasteiger partial charge in [-0.25, -0.2) is 4.39 Å². The highest BCUT2D eigenvalue weighted by Gasteiger charge is 2.14. The van der Waals surface area contributed by atoms with Crippen LogP contribution in [0, 0.1) is 22.9 Å². The molecule has 2 N–H and O–H groups in total. The van der Waals surface area contributed by atoms with Crippen molar-refractivity contribution in [3.63, 3.8) is 0 Å². The van der Waals surface area contributed by atoms with Gasteiger partial charge < -0.3 is 10.6 Å². The highest BCUT2D eigenvalue weighted by atomic mass is 19.1. The first-order valence-corrected chi connectivity index (χ1v) is 6.91. The van der Waals surface area contributed by atoms with E-state index in [1.54, 1.807) is 0 Å². The molecule has 2 aromatic rings. The Morgan fingerprint density at radius 3 is 2.42 bits per heavy atom. The number of hydrogen-bond donors (Lipinski definition) is 2. The number of nitrogens with zero attached hydrogens (tertiary/aromatic N) is 1. The zero-order valence-electron chi connectivity index (χ0n) is 12.9. The second kappa shape index (κ2) is 6.86. The van der Waals surface area contributed by atoms with E-state index in [1.807, 2.05) is 0 Å². The van der Waals surface area contributed by atoms with E-state index in [9.17, 15) is 24.1 Å². The average Bonchev–Trinajstić information content (AvgIpc) is 2.49. The highest BCUT2D eigenvalue weighted by molar-refractivity contribution is 6.05. The van der Waals surface area contributed by atoms with Crippen LogP contribution in [0.4, 0.5) is 21.5 Å². The summed E-state index contributed by atoms with van der Waals surface area (Å²) in [6.07, 6.45) is 0. The SMILES string of the molecule is CC(=O)Nc1cc(NC(=O)c2ccc([N+](=O)[O-])c(C)c2)ccc1F. The summed E-state index contributed by atoms with van der Waals surface area (Å²) in [5, 5.41) is 15.6. The number of carbonyl (C=O) groups excluding carboxylic acids is 2. The quantitative estimate of drug-likeness (QED) is 0.663. The van der Waals surface area contributed by atoms with E-state index in [1.165, 1.54) is 44.2 Å². The molecule has 0 aliphatic heterocycles. The molecule has 0 atom stereocenters. The Morgan fingerprint density at radius 1 is 1.12 bits per heavy atom. The van der Waals surface area contributed by atoms with Crippen LogP contribution in [-0.2, 0) is 4.79 Å². The number of nitrogens with one attached hydrogen (secondary N) is 2. The zero-order valence-corrected chi connectivity index (χ0v) is 12.9. The monoisotopic (exact) mass is 331 g/mol. The minimum Gasteiger partial charge on any atom is -0.324 e. The van der Waals surface area contributed by atoms with Gasteiger partial charge in [0.15, 0.2) is 0 Å². The maximum atomic E-state index is 13.6. The predicted octanol–water partition coefficient (Wildman–Crippen LogP) is 3.25. The summed E-state index contributed by atoms with van der Waals surface area (Å²) in [5.74, 6) is -1.58. The van der Waals surface area contributed by atoms with Gasteiger partial charge in [-0.1, -0.05) is 0 Å². The van der Waals surface area contributed by atoms with Crippen LogP contribution in [-0.4, -0.2) is 16.7 Å². The molecule has 2 amide bonds. The number of aryl methyl sites for hydroxylation is 1. The average molecular weight is 331 g/mol. The summed E-state index contributed by atoms with van der Waals surface area (Å²) in [5.41, 5.74) is 0.719. The van der Waals surface area contributed by atoms with Gasteiger partial charge in [0, 0.05) is 29.8 Å². The van der Waals surface area contributed by atoms with E-state index in [0.29, 0.717) is 5.56 Å². The lowest BCUT2D eigenvalue weighted by Crippen LogP contribution is -2.13. The standard InChI is InChI=1S/C16H14FN3O4/c1-9-7-11(3-6-15(9)20(23)24)16(22)19-12-4-5-13(17)14(8-12)18-10(2)21/h3-8H,1-2H3,(H,18,21)(H,19,22). The fourth-order valence-electron chi connectivity index (χ4n) is 2.09. The summed E-state index contributed by atoms with van der Waals surface area (Å²) >= 11 is 0. The molecule has 7 nitrogen and oxygen atoms in total. The van der Waals surface area contributed by atoms with Crippen LogP contribution in [0.3, 0.4) is 0 Å². The lowest BCUT2D eigenvalue weighted by Gasteiger charge is -2.09. The maximum Gasteiger partial charge on any atom is 0.272 e. The smallest absolute Gasteiger partial charge is 0.272 e. The van der Waals surface area contributed by atoms with Crippen molar-refractivity contribution in [2.45, 2.75) is 13.8 Å². The van der Waals surface area contributed by atoms with E-state index in [-0.39, 0.29) is 22.6 Å². The molecule has 0 bridgehead atoms. The Hall–Kier alpha value is -3.29. The Morgan fingerprint density at radius 2 is 1.83 bits per heavy atom. The summed E-state index contributed by atoms with van der Waals surface area (Å²) in [6.45, 7) is 2.77. The summed E-state index contributed by atoms with van der Waals surface area (Å²) in [7, 11) is 0. The minimum absolute atomic E-state index is 0.0554. The molecule has 124 valence electrons. The number of nitro groups is 1. The molecule has 24 heavy (non-hydrogen) atoms. The fourth-order valence-corrected chi connectivity index (χ4v) is 2.09. The first-order valence-electron chi connectivity index (χ1n) is 6.91. The van der Waals surface area contributed by atoms with Gasteiger partial charge >= 0.3 is 0 Å². The molecule has 0 spiro atoms. The first-order chi connectivity index (χ1) is 11.3. The van der Waals surface area contributed by atoms with Gasteiger partial charge in [-0.15, -0.1) is 0 Å². The molecule has 0 unspecified atom stereocenters. The molecule has 0 heterocycles. The maximum absolute atomic E-state index is 13.6. The van der Waals surface area contributed by atoms with Crippen molar-refractivity contribution >= 4 is 28.9 Å². The van der Waals surface area contributed by atoms with Gasteiger partial charge in [0.05, 0.1) is 10.6 Å². The van der Waals surface area contributed by atoms with E-state index in [0.717, 1.165) is 6.07 Å². The Labute approximate surface area is 136 Å². The molecule has 8 heteroatoms. The molecule has 2 rings (SSSR count). The molecule has 0 aliphatic carbocycles. The molecular weight excluding hydrogens is 317 g/mol. The molecule has 0 saturated carbocycles. The van der Waals surface area contributed by atoms with Crippen molar-refractivity contribution in [2.24, 2.45) is 0 Å². The lowest BCUT2D eigenvalue weighted by molar-refractivity contribution is -0.385. The molecular formula is C16H14FN3O4. The van der Waals surface area contributed by atoms with Gasteiger partial charge in [0.25, 0.3) is 11.6 Å². The molecule has 0 fully saturated rings. The second-order valence-corrected chi connectivity index (χ2v) is 5.09. The van der Waals surface area contributed by atoms with Gasteiger partial charge in [0.1, 0.15) is 5.82 Å². The minimum atomic E-state index is -0.630. The number of carbonyl (C=O) groups is 2. The third-order valence-electron chi connectivity index (χ3n) is 3.19. The van der Waals surface area contributed by atoms with Gasteiger partial charge in [-0.3, -0.25) is 19.7 Å². The lowest BCUT2D eigenvalue weighted by atomic mass is 10.1. The van der Waals surface area contributed by atoms with Crippen LogP contribution < -0.4 is 10.6 Å². The first kappa shape index (κ1) is 17.1. The Balaban J connectivity index is 2.22. The van der Waals surface area contributed by atoms with Crippen LogP contribution in [0.2, 0.25) is 0 Å². The fraction of sp³-hybridized carbons (Fsp3) is 0.125. The number of anilines is 2.